The Labute approximate surface area is 114 Å². The number of sulfonamides is 1. The number of amides is 1. The summed E-state index contributed by atoms with van der Waals surface area (Å²) in [6.07, 6.45) is 0.331. The number of ether oxygens (including phenoxy) is 2. The molecule has 7 nitrogen and oxygen atoms in total. The molecule has 1 heterocycles. The van der Waals surface area contributed by atoms with Gasteiger partial charge in [0.25, 0.3) is 0 Å². The predicted octanol–water partition coefficient (Wildman–Crippen LogP) is 0.172. The second-order valence-electron chi connectivity index (χ2n) is 5.54. The summed E-state index contributed by atoms with van der Waals surface area (Å²) in [6, 6.07) is 0. The first-order chi connectivity index (χ1) is 8.57. The smallest absolute Gasteiger partial charge is 0.410 e. The lowest BCUT2D eigenvalue weighted by atomic mass is 10.2. The summed E-state index contributed by atoms with van der Waals surface area (Å²) in [5.74, 6) is 0. The lowest BCUT2D eigenvalue weighted by Crippen LogP contribution is -2.50. The molecule has 1 aliphatic heterocycles. The van der Waals surface area contributed by atoms with Crippen LogP contribution in [-0.2, 0) is 19.5 Å². The van der Waals surface area contributed by atoms with Crippen molar-refractivity contribution in [3.05, 3.63) is 0 Å². The molecule has 0 saturated carbocycles. The maximum Gasteiger partial charge on any atom is 0.410 e. The number of hydrogen-bond acceptors (Lipinski definition) is 5. The Kier molecular flexibility index (Phi) is 5.17. The van der Waals surface area contributed by atoms with Crippen molar-refractivity contribution in [3.63, 3.8) is 0 Å². The van der Waals surface area contributed by atoms with Crippen LogP contribution in [-0.4, -0.2) is 63.6 Å². The van der Waals surface area contributed by atoms with Gasteiger partial charge in [0.15, 0.2) is 0 Å². The summed E-state index contributed by atoms with van der Waals surface area (Å²) in [5.41, 5.74) is -0.546. The normalized spacial score (nSPS) is 21.3. The lowest BCUT2D eigenvalue weighted by molar-refractivity contribution is -0.0394. The van der Waals surface area contributed by atoms with Crippen LogP contribution in [0.2, 0.25) is 0 Å². The van der Waals surface area contributed by atoms with Gasteiger partial charge < -0.3 is 14.4 Å². The van der Waals surface area contributed by atoms with Crippen molar-refractivity contribution in [1.29, 1.82) is 0 Å². The number of rotatable bonds is 3. The van der Waals surface area contributed by atoms with Crippen molar-refractivity contribution in [2.75, 3.05) is 32.5 Å². The van der Waals surface area contributed by atoms with E-state index in [0.29, 0.717) is 19.7 Å². The average Bonchev–Trinajstić information content (AvgIpc) is 2.23. The lowest BCUT2D eigenvalue weighted by Gasteiger charge is -2.34. The molecule has 1 N–H and O–H groups in total. The molecule has 1 aliphatic rings. The SMILES string of the molecule is CC(C)(C)OC(=O)N1CCO[C@H](CNS(C)(=O)=O)C1. The van der Waals surface area contributed by atoms with E-state index in [-0.39, 0.29) is 12.6 Å². The van der Waals surface area contributed by atoms with Gasteiger partial charge in [-0.05, 0) is 20.8 Å². The highest BCUT2D eigenvalue weighted by Crippen LogP contribution is 2.12. The summed E-state index contributed by atoms with van der Waals surface area (Å²) in [4.78, 5) is 13.4. The molecule has 19 heavy (non-hydrogen) atoms. The van der Waals surface area contributed by atoms with Gasteiger partial charge in [-0.1, -0.05) is 0 Å². The average molecular weight is 294 g/mol. The number of hydrogen-bond donors (Lipinski definition) is 1. The van der Waals surface area contributed by atoms with Gasteiger partial charge in [-0.2, -0.15) is 0 Å². The third-order valence-electron chi connectivity index (χ3n) is 2.36. The fourth-order valence-electron chi connectivity index (χ4n) is 1.58. The Morgan fingerprint density at radius 3 is 2.63 bits per heavy atom. The minimum absolute atomic E-state index is 0.151. The van der Waals surface area contributed by atoms with E-state index in [2.05, 4.69) is 4.72 Å². The zero-order valence-corrected chi connectivity index (χ0v) is 12.6. The van der Waals surface area contributed by atoms with Gasteiger partial charge in [0.1, 0.15) is 5.60 Å². The summed E-state index contributed by atoms with van der Waals surface area (Å²) < 4.78 is 35.0. The van der Waals surface area contributed by atoms with Crippen LogP contribution in [0.25, 0.3) is 0 Å². The number of nitrogens with zero attached hydrogens (tertiary/aromatic N) is 1. The molecule has 1 atom stereocenters. The van der Waals surface area contributed by atoms with Gasteiger partial charge in [-0.15, -0.1) is 0 Å². The molecule has 112 valence electrons. The van der Waals surface area contributed by atoms with Crippen molar-refractivity contribution in [2.45, 2.75) is 32.5 Å². The van der Waals surface area contributed by atoms with E-state index in [9.17, 15) is 13.2 Å². The van der Waals surface area contributed by atoms with Crippen LogP contribution in [0.1, 0.15) is 20.8 Å². The van der Waals surface area contributed by atoms with Crippen LogP contribution < -0.4 is 4.72 Å². The molecule has 0 aromatic heterocycles. The first-order valence-electron chi connectivity index (χ1n) is 6.11. The fraction of sp³-hybridized carbons (Fsp3) is 0.909. The Balaban J connectivity index is 2.48. The third kappa shape index (κ3) is 6.74. The highest BCUT2D eigenvalue weighted by atomic mass is 32.2. The largest absolute Gasteiger partial charge is 0.444 e. The highest BCUT2D eigenvalue weighted by Gasteiger charge is 2.28. The first kappa shape index (κ1) is 16.2. The minimum Gasteiger partial charge on any atom is -0.444 e. The van der Waals surface area contributed by atoms with Gasteiger partial charge in [-0.3, -0.25) is 0 Å². The van der Waals surface area contributed by atoms with Crippen molar-refractivity contribution in [3.8, 4) is 0 Å². The van der Waals surface area contributed by atoms with Crippen LogP contribution >= 0.6 is 0 Å². The second kappa shape index (κ2) is 6.06. The molecule has 1 amide bonds. The van der Waals surface area contributed by atoms with Crippen molar-refractivity contribution < 1.29 is 22.7 Å². The van der Waals surface area contributed by atoms with Gasteiger partial charge in [0.05, 0.1) is 25.5 Å². The zero-order valence-electron chi connectivity index (χ0n) is 11.8. The standard InChI is InChI=1S/C11H22N2O5S/c1-11(2,3)18-10(14)13-5-6-17-9(8-13)7-12-19(4,15)16/h9,12H,5-8H2,1-4H3/t9-/m1/s1. The van der Waals surface area contributed by atoms with E-state index in [1.807, 2.05) is 0 Å². The maximum absolute atomic E-state index is 11.9. The molecular weight excluding hydrogens is 272 g/mol. The van der Waals surface area contributed by atoms with E-state index >= 15 is 0 Å². The Bertz CT molecular complexity index is 415. The predicted molar refractivity (Wildman–Crippen MR) is 70.4 cm³/mol. The monoisotopic (exact) mass is 294 g/mol. The van der Waals surface area contributed by atoms with E-state index < -0.39 is 21.7 Å². The molecule has 1 saturated heterocycles. The van der Waals surface area contributed by atoms with E-state index in [1.165, 1.54) is 4.90 Å². The quantitative estimate of drug-likeness (QED) is 0.802. The van der Waals surface area contributed by atoms with Gasteiger partial charge >= 0.3 is 6.09 Å². The van der Waals surface area contributed by atoms with Crippen LogP contribution in [0, 0.1) is 0 Å². The summed E-state index contributed by atoms with van der Waals surface area (Å²) in [7, 11) is -3.25. The van der Waals surface area contributed by atoms with Crippen molar-refractivity contribution in [2.24, 2.45) is 0 Å². The molecular formula is C11H22N2O5S. The van der Waals surface area contributed by atoms with E-state index in [0.717, 1.165) is 6.26 Å². The van der Waals surface area contributed by atoms with Gasteiger partial charge in [-0.25, -0.2) is 17.9 Å². The molecule has 0 unspecified atom stereocenters. The number of morpholine rings is 1. The highest BCUT2D eigenvalue weighted by molar-refractivity contribution is 7.88. The van der Waals surface area contributed by atoms with Gasteiger partial charge in [0, 0.05) is 13.1 Å². The second-order valence-corrected chi connectivity index (χ2v) is 7.37. The molecule has 8 heteroatoms. The molecule has 0 aromatic carbocycles. The zero-order chi connectivity index (χ0) is 14.7. The fourth-order valence-corrected chi connectivity index (χ4v) is 2.07. The molecule has 0 aliphatic carbocycles. The van der Waals surface area contributed by atoms with Crippen molar-refractivity contribution in [1.82, 2.24) is 9.62 Å². The summed E-state index contributed by atoms with van der Waals surface area (Å²) >= 11 is 0. The molecule has 0 aromatic rings. The summed E-state index contributed by atoms with van der Waals surface area (Å²) in [6.45, 7) is 6.69. The number of carbonyl (C=O) groups excluding carboxylic acids is 1. The minimum atomic E-state index is -3.25. The molecule has 1 rings (SSSR count). The van der Waals surface area contributed by atoms with E-state index in [4.69, 9.17) is 9.47 Å². The molecule has 1 fully saturated rings. The Morgan fingerprint density at radius 2 is 2.11 bits per heavy atom. The topological polar surface area (TPSA) is 84.9 Å². The van der Waals surface area contributed by atoms with E-state index in [1.54, 1.807) is 20.8 Å². The molecule has 0 bridgehead atoms. The Morgan fingerprint density at radius 1 is 1.47 bits per heavy atom. The molecule has 0 spiro atoms. The Hall–Kier alpha value is -0.860. The van der Waals surface area contributed by atoms with Gasteiger partial charge in [0.2, 0.25) is 10.0 Å². The molecule has 0 radical (unpaired) electrons. The van der Waals surface area contributed by atoms with Crippen LogP contribution in [0.15, 0.2) is 0 Å². The first-order valence-corrected chi connectivity index (χ1v) is 8.00. The van der Waals surface area contributed by atoms with Crippen LogP contribution in [0.3, 0.4) is 0 Å². The van der Waals surface area contributed by atoms with Crippen LogP contribution in [0.5, 0.6) is 0 Å². The number of carbonyl (C=O) groups is 1. The maximum atomic E-state index is 11.9. The third-order valence-corrected chi connectivity index (χ3v) is 3.05. The van der Waals surface area contributed by atoms with Crippen LogP contribution in [0.4, 0.5) is 4.79 Å². The summed E-state index contributed by atoms with van der Waals surface area (Å²) in [5, 5.41) is 0. The number of nitrogens with one attached hydrogen (secondary N) is 1. The van der Waals surface area contributed by atoms with Crippen molar-refractivity contribution >= 4 is 16.1 Å².